The van der Waals surface area contributed by atoms with Crippen LogP contribution in [0.5, 0.6) is 0 Å². The molecule has 4 nitrogen and oxygen atoms in total. The van der Waals surface area contributed by atoms with E-state index in [2.05, 4.69) is 10.2 Å². The zero-order valence-corrected chi connectivity index (χ0v) is 14.9. The smallest absolute Gasteiger partial charge is 0.191 e. The highest BCUT2D eigenvalue weighted by Crippen LogP contribution is 2.30. The molecule has 3 aromatic rings. The average molecular weight is 358 g/mol. The van der Waals surface area contributed by atoms with Crippen LogP contribution in [0.4, 0.5) is 0 Å². The van der Waals surface area contributed by atoms with Gasteiger partial charge in [-0.2, -0.15) is 0 Å². The van der Waals surface area contributed by atoms with Gasteiger partial charge in [0.05, 0.1) is 10.3 Å². The number of hydrogen-bond donors (Lipinski definition) is 0. The summed E-state index contributed by atoms with van der Waals surface area (Å²) in [6, 6.07) is 16.8. The zero-order valence-electron chi connectivity index (χ0n) is 13.3. The summed E-state index contributed by atoms with van der Waals surface area (Å²) < 4.78 is 1.86. The minimum Gasteiger partial charge on any atom is -0.305 e. The highest BCUT2D eigenvalue weighted by atomic mass is 35.5. The first kappa shape index (κ1) is 16.7. The molecule has 0 aliphatic rings. The maximum Gasteiger partial charge on any atom is 0.191 e. The van der Waals surface area contributed by atoms with Crippen molar-refractivity contribution in [2.75, 3.05) is 0 Å². The van der Waals surface area contributed by atoms with Crippen LogP contribution in [0.1, 0.15) is 17.3 Å². The Hall–Kier alpha value is -2.11. The Morgan fingerprint density at radius 3 is 2.46 bits per heavy atom. The van der Waals surface area contributed by atoms with Gasteiger partial charge in [0.1, 0.15) is 0 Å². The normalized spacial score (nSPS) is 12.1. The lowest BCUT2D eigenvalue weighted by Crippen LogP contribution is -2.14. The Morgan fingerprint density at radius 1 is 1.08 bits per heavy atom. The molecule has 122 valence electrons. The number of rotatable bonds is 5. The fourth-order valence-corrected chi connectivity index (χ4v) is 3.46. The number of hydrogen-bond acceptors (Lipinski definition) is 4. The van der Waals surface area contributed by atoms with Gasteiger partial charge in [-0.3, -0.25) is 4.79 Å². The molecule has 0 N–H and O–H groups in total. The molecule has 1 atom stereocenters. The van der Waals surface area contributed by atoms with Crippen LogP contribution in [0.15, 0.2) is 59.8 Å². The third-order valence-electron chi connectivity index (χ3n) is 3.66. The van der Waals surface area contributed by atoms with E-state index in [1.165, 1.54) is 11.8 Å². The van der Waals surface area contributed by atoms with Gasteiger partial charge >= 0.3 is 0 Å². The maximum absolute atomic E-state index is 12.5. The third kappa shape index (κ3) is 3.37. The summed E-state index contributed by atoms with van der Waals surface area (Å²) in [5, 5.41) is 9.49. The van der Waals surface area contributed by atoms with E-state index in [1.54, 1.807) is 0 Å². The van der Waals surface area contributed by atoms with Crippen LogP contribution in [-0.2, 0) is 7.05 Å². The Bertz CT molecular complexity index is 864. The number of benzene rings is 2. The van der Waals surface area contributed by atoms with Gasteiger partial charge in [-0.15, -0.1) is 10.2 Å². The Labute approximate surface area is 149 Å². The van der Waals surface area contributed by atoms with E-state index < -0.39 is 0 Å². The molecule has 3 rings (SSSR count). The highest BCUT2D eigenvalue weighted by molar-refractivity contribution is 8.00. The lowest BCUT2D eigenvalue weighted by Gasteiger charge is -2.10. The van der Waals surface area contributed by atoms with E-state index in [0.29, 0.717) is 21.6 Å². The monoisotopic (exact) mass is 357 g/mol. The molecule has 24 heavy (non-hydrogen) atoms. The second-order valence-corrected chi connectivity index (χ2v) is 7.05. The first-order chi connectivity index (χ1) is 11.6. The maximum atomic E-state index is 12.5. The molecular weight excluding hydrogens is 342 g/mol. The van der Waals surface area contributed by atoms with Gasteiger partial charge in [0, 0.05) is 18.2 Å². The fraction of sp³-hybridized carbons (Fsp3) is 0.167. The van der Waals surface area contributed by atoms with Crippen molar-refractivity contribution >= 4 is 29.1 Å². The molecule has 0 unspecified atom stereocenters. The summed E-state index contributed by atoms with van der Waals surface area (Å²) in [5.41, 5.74) is 1.52. The minimum absolute atomic E-state index is 0.0721. The van der Waals surface area contributed by atoms with Crippen molar-refractivity contribution < 1.29 is 4.79 Å². The second-order valence-electron chi connectivity index (χ2n) is 5.34. The molecule has 0 saturated carbocycles. The van der Waals surface area contributed by atoms with Gasteiger partial charge in [0.25, 0.3) is 0 Å². The van der Waals surface area contributed by atoms with Crippen molar-refractivity contribution in [1.29, 1.82) is 0 Å². The van der Waals surface area contributed by atoms with E-state index in [9.17, 15) is 4.79 Å². The quantitative estimate of drug-likeness (QED) is 0.498. The largest absolute Gasteiger partial charge is 0.305 e. The van der Waals surface area contributed by atoms with Crippen LogP contribution in [0.2, 0.25) is 5.02 Å². The number of carbonyl (C=O) groups is 1. The summed E-state index contributed by atoms with van der Waals surface area (Å²) in [4.78, 5) is 12.5. The number of carbonyl (C=O) groups excluding carboxylic acids is 1. The van der Waals surface area contributed by atoms with Crippen LogP contribution >= 0.6 is 23.4 Å². The summed E-state index contributed by atoms with van der Waals surface area (Å²) >= 11 is 7.63. The molecule has 0 saturated heterocycles. The molecule has 0 spiro atoms. The lowest BCUT2D eigenvalue weighted by molar-refractivity contribution is 0.0994. The molecule has 0 amide bonds. The molecule has 0 radical (unpaired) electrons. The van der Waals surface area contributed by atoms with Crippen LogP contribution in [0, 0.1) is 0 Å². The first-order valence-electron chi connectivity index (χ1n) is 7.48. The van der Waals surface area contributed by atoms with Crippen molar-refractivity contribution in [3.63, 3.8) is 0 Å². The van der Waals surface area contributed by atoms with Gasteiger partial charge in [-0.05, 0) is 19.1 Å². The van der Waals surface area contributed by atoms with Crippen LogP contribution in [-0.4, -0.2) is 25.8 Å². The summed E-state index contributed by atoms with van der Waals surface area (Å²) in [5.74, 6) is 0.755. The van der Waals surface area contributed by atoms with E-state index in [1.807, 2.05) is 73.1 Å². The second kappa shape index (κ2) is 7.20. The first-order valence-corrected chi connectivity index (χ1v) is 8.74. The van der Waals surface area contributed by atoms with Gasteiger partial charge in [-0.1, -0.05) is 65.8 Å². The molecule has 0 bridgehead atoms. The third-order valence-corrected chi connectivity index (χ3v) is 5.12. The Kier molecular flexibility index (Phi) is 5.02. The molecule has 1 heterocycles. The highest BCUT2D eigenvalue weighted by Gasteiger charge is 2.20. The van der Waals surface area contributed by atoms with E-state index in [4.69, 9.17) is 11.6 Å². The average Bonchev–Trinajstić information content (AvgIpc) is 2.96. The zero-order chi connectivity index (χ0) is 17.1. The molecule has 1 aromatic heterocycles. The topological polar surface area (TPSA) is 47.8 Å². The van der Waals surface area contributed by atoms with E-state index in [0.717, 1.165) is 5.56 Å². The van der Waals surface area contributed by atoms with E-state index in [-0.39, 0.29) is 11.0 Å². The van der Waals surface area contributed by atoms with Crippen LogP contribution in [0.25, 0.3) is 11.4 Å². The Balaban J connectivity index is 1.82. The SMILES string of the molecule is C[C@@H](Sc1nnc(-c2ccccc2Cl)n1C)C(=O)c1ccccc1. The van der Waals surface area contributed by atoms with Crippen molar-refractivity contribution in [3.05, 3.63) is 65.2 Å². The predicted octanol–water partition coefficient (Wildman–Crippen LogP) is 4.50. The van der Waals surface area contributed by atoms with Crippen LogP contribution < -0.4 is 0 Å². The van der Waals surface area contributed by atoms with Gasteiger partial charge < -0.3 is 4.57 Å². The van der Waals surface area contributed by atoms with E-state index >= 15 is 0 Å². The standard InChI is InChI=1S/C18H16ClN3OS/c1-12(16(23)13-8-4-3-5-9-13)24-18-21-20-17(22(18)2)14-10-6-7-11-15(14)19/h3-12H,1-2H3/t12-/m1/s1. The van der Waals surface area contributed by atoms with Crippen molar-refractivity contribution in [2.24, 2.45) is 7.05 Å². The van der Waals surface area contributed by atoms with Crippen molar-refractivity contribution in [3.8, 4) is 11.4 Å². The van der Waals surface area contributed by atoms with Gasteiger partial charge in [0.15, 0.2) is 16.8 Å². The number of thioether (sulfide) groups is 1. The van der Waals surface area contributed by atoms with Crippen molar-refractivity contribution in [2.45, 2.75) is 17.3 Å². The molecular formula is C18H16ClN3OS. The van der Waals surface area contributed by atoms with Crippen molar-refractivity contribution in [1.82, 2.24) is 14.8 Å². The number of aromatic nitrogens is 3. The number of Topliss-reactive ketones (excluding diaryl/α,β-unsaturated/α-hetero) is 1. The molecule has 6 heteroatoms. The molecule has 0 aliphatic heterocycles. The molecule has 2 aromatic carbocycles. The predicted molar refractivity (Wildman–Crippen MR) is 97.5 cm³/mol. The van der Waals surface area contributed by atoms with Crippen LogP contribution in [0.3, 0.4) is 0 Å². The summed E-state index contributed by atoms with van der Waals surface area (Å²) in [6.07, 6.45) is 0. The summed E-state index contributed by atoms with van der Waals surface area (Å²) in [7, 11) is 1.88. The lowest BCUT2D eigenvalue weighted by atomic mass is 10.1. The number of ketones is 1. The number of halogens is 1. The Morgan fingerprint density at radius 2 is 1.75 bits per heavy atom. The fourth-order valence-electron chi connectivity index (χ4n) is 2.34. The minimum atomic E-state index is -0.255. The van der Waals surface area contributed by atoms with Gasteiger partial charge in [0.2, 0.25) is 0 Å². The summed E-state index contributed by atoms with van der Waals surface area (Å²) in [6.45, 7) is 1.88. The number of nitrogens with zero attached hydrogens (tertiary/aromatic N) is 3. The van der Waals surface area contributed by atoms with Gasteiger partial charge in [-0.25, -0.2) is 0 Å². The molecule has 0 fully saturated rings. The molecule has 0 aliphatic carbocycles.